The van der Waals surface area contributed by atoms with Gasteiger partial charge in [-0.05, 0) is 19.8 Å². The van der Waals surface area contributed by atoms with Crippen LogP contribution in [0.5, 0.6) is 0 Å². The highest BCUT2D eigenvalue weighted by atomic mass is 16.6. The molecule has 0 spiro atoms. The summed E-state index contributed by atoms with van der Waals surface area (Å²) in [7, 11) is 0. The molecule has 16 heavy (non-hydrogen) atoms. The number of carbonyl (C=O) groups is 1. The quantitative estimate of drug-likeness (QED) is 0.652. The lowest BCUT2D eigenvalue weighted by Gasteiger charge is -2.16. The van der Waals surface area contributed by atoms with Crippen molar-refractivity contribution in [3.05, 3.63) is 0 Å². The van der Waals surface area contributed by atoms with E-state index in [0.29, 0.717) is 13.2 Å². The van der Waals surface area contributed by atoms with Crippen molar-refractivity contribution in [2.45, 2.75) is 45.8 Å². The Morgan fingerprint density at radius 2 is 2.19 bits per heavy atom. The van der Waals surface area contributed by atoms with Gasteiger partial charge >= 0.3 is 5.97 Å². The molecule has 2 atom stereocenters. The van der Waals surface area contributed by atoms with E-state index in [2.05, 4.69) is 0 Å². The van der Waals surface area contributed by atoms with Gasteiger partial charge in [0.1, 0.15) is 6.10 Å². The van der Waals surface area contributed by atoms with E-state index >= 15 is 0 Å². The predicted molar refractivity (Wildman–Crippen MR) is 60.2 cm³/mol. The fraction of sp³-hybridized carbons (Fsp3) is 0.917. The van der Waals surface area contributed by atoms with Crippen molar-refractivity contribution >= 4 is 5.97 Å². The van der Waals surface area contributed by atoms with Crippen LogP contribution in [0.25, 0.3) is 0 Å². The molecular weight excluding hydrogens is 208 g/mol. The van der Waals surface area contributed by atoms with E-state index in [1.165, 1.54) is 0 Å². The Kier molecular flexibility index (Phi) is 5.77. The average Bonchev–Trinajstić information content (AvgIpc) is 2.70. The maximum Gasteiger partial charge on any atom is 0.308 e. The molecule has 0 aromatic rings. The number of hydrogen-bond acceptors (Lipinski definition) is 4. The molecule has 1 rings (SSSR count). The van der Waals surface area contributed by atoms with E-state index in [9.17, 15) is 4.79 Å². The molecule has 1 aliphatic heterocycles. The van der Waals surface area contributed by atoms with E-state index in [0.717, 1.165) is 19.4 Å². The van der Waals surface area contributed by atoms with Crippen LogP contribution in [-0.4, -0.2) is 38.0 Å². The summed E-state index contributed by atoms with van der Waals surface area (Å²) in [5.74, 6) is -0.256. The van der Waals surface area contributed by atoms with E-state index < -0.39 is 0 Å². The Morgan fingerprint density at radius 1 is 1.44 bits per heavy atom. The van der Waals surface area contributed by atoms with Crippen molar-refractivity contribution in [1.82, 2.24) is 0 Å². The maximum absolute atomic E-state index is 11.3. The first kappa shape index (κ1) is 13.5. The molecule has 1 fully saturated rings. The van der Waals surface area contributed by atoms with Gasteiger partial charge in [-0.2, -0.15) is 0 Å². The van der Waals surface area contributed by atoms with Crippen molar-refractivity contribution in [3.63, 3.8) is 0 Å². The summed E-state index contributed by atoms with van der Waals surface area (Å²) in [6.07, 6.45) is 2.23. The molecular formula is C12H22O4. The van der Waals surface area contributed by atoms with E-state index in [4.69, 9.17) is 14.2 Å². The van der Waals surface area contributed by atoms with Gasteiger partial charge in [0, 0.05) is 6.61 Å². The zero-order valence-electron chi connectivity index (χ0n) is 10.4. The first-order valence-electron chi connectivity index (χ1n) is 5.99. The van der Waals surface area contributed by atoms with Crippen LogP contribution in [0.3, 0.4) is 0 Å². The molecule has 0 radical (unpaired) electrons. The minimum absolute atomic E-state index is 0.0828. The summed E-state index contributed by atoms with van der Waals surface area (Å²) in [6, 6.07) is 0. The van der Waals surface area contributed by atoms with Crippen LogP contribution in [0.15, 0.2) is 0 Å². The second-order valence-electron chi connectivity index (χ2n) is 4.57. The van der Waals surface area contributed by atoms with Gasteiger partial charge in [-0.15, -0.1) is 0 Å². The van der Waals surface area contributed by atoms with Gasteiger partial charge in [0.05, 0.1) is 25.2 Å². The molecule has 1 heterocycles. The van der Waals surface area contributed by atoms with Crippen molar-refractivity contribution in [1.29, 1.82) is 0 Å². The Balaban J connectivity index is 2.05. The highest BCUT2D eigenvalue weighted by Gasteiger charge is 2.17. The third-order valence-corrected chi connectivity index (χ3v) is 2.47. The minimum atomic E-state index is -0.184. The molecule has 94 valence electrons. The van der Waals surface area contributed by atoms with Crippen molar-refractivity contribution in [2.75, 3.05) is 19.8 Å². The molecule has 2 unspecified atom stereocenters. The van der Waals surface area contributed by atoms with Crippen LogP contribution in [0.2, 0.25) is 0 Å². The van der Waals surface area contributed by atoms with Gasteiger partial charge < -0.3 is 14.2 Å². The summed E-state index contributed by atoms with van der Waals surface area (Å²) in [5.41, 5.74) is 0. The lowest BCUT2D eigenvalue weighted by molar-refractivity contribution is -0.155. The first-order valence-corrected chi connectivity index (χ1v) is 5.99. The van der Waals surface area contributed by atoms with Crippen LogP contribution < -0.4 is 0 Å². The molecule has 0 amide bonds. The van der Waals surface area contributed by atoms with Crippen LogP contribution >= 0.6 is 0 Å². The van der Waals surface area contributed by atoms with Crippen molar-refractivity contribution < 1.29 is 19.0 Å². The van der Waals surface area contributed by atoms with E-state index in [-0.39, 0.29) is 24.1 Å². The third kappa shape index (κ3) is 4.94. The van der Waals surface area contributed by atoms with Gasteiger partial charge in [0.15, 0.2) is 0 Å². The molecule has 0 bridgehead atoms. The van der Waals surface area contributed by atoms with Gasteiger partial charge in [-0.1, -0.05) is 13.8 Å². The van der Waals surface area contributed by atoms with Gasteiger partial charge in [-0.3, -0.25) is 4.79 Å². The Morgan fingerprint density at radius 3 is 2.75 bits per heavy atom. The summed E-state index contributed by atoms with van der Waals surface area (Å²) >= 11 is 0. The molecule has 1 saturated heterocycles. The zero-order valence-corrected chi connectivity index (χ0v) is 10.4. The average molecular weight is 230 g/mol. The van der Waals surface area contributed by atoms with Crippen LogP contribution in [-0.2, 0) is 19.0 Å². The normalized spacial score (nSPS) is 22.4. The maximum atomic E-state index is 11.3. The highest BCUT2D eigenvalue weighted by molar-refractivity contribution is 5.71. The molecule has 0 aromatic heterocycles. The van der Waals surface area contributed by atoms with Crippen molar-refractivity contribution in [2.24, 2.45) is 5.92 Å². The highest BCUT2D eigenvalue weighted by Crippen LogP contribution is 2.12. The second-order valence-corrected chi connectivity index (χ2v) is 4.57. The smallest absolute Gasteiger partial charge is 0.308 e. The van der Waals surface area contributed by atoms with Gasteiger partial charge in [0.2, 0.25) is 0 Å². The van der Waals surface area contributed by atoms with E-state index in [1.807, 2.05) is 20.8 Å². The van der Waals surface area contributed by atoms with Gasteiger partial charge in [-0.25, -0.2) is 0 Å². The van der Waals surface area contributed by atoms with Crippen LogP contribution in [0.4, 0.5) is 0 Å². The summed E-state index contributed by atoms with van der Waals surface area (Å²) in [6.45, 7) is 7.37. The number of rotatable bonds is 6. The fourth-order valence-electron chi connectivity index (χ4n) is 1.51. The van der Waals surface area contributed by atoms with E-state index in [1.54, 1.807) is 0 Å². The molecule has 1 aliphatic rings. The van der Waals surface area contributed by atoms with Gasteiger partial charge in [0.25, 0.3) is 0 Å². The standard InChI is InChI=1S/C12H22O4/c1-9(2)12(13)16-10(3)7-14-8-11-5-4-6-15-11/h9-11H,4-8H2,1-3H3. The zero-order chi connectivity index (χ0) is 12.0. The first-order chi connectivity index (χ1) is 7.59. The Labute approximate surface area is 97.2 Å². The predicted octanol–water partition coefficient (Wildman–Crippen LogP) is 1.77. The number of ether oxygens (including phenoxy) is 3. The lowest BCUT2D eigenvalue weighted by atomic mass is 10.2. The van der Waals surface area contributed by atoms with Crippen LogP contribution in [0.1, 0.15) is 33.6 Å². The molecule has 0 aromatic carbocycles. The number of carbonyl (C=O) groups excluding carboxylic acids is 1. The number of esters is 1. The monoisotopic (exact) mass is 230 g/mol. The summed E-state index contributed by atoms with van der Waals surface area (Å²) < 4.78 is 16.1. The largest absolute Gasteiger partial charge is 0.460 e. The third-order valence-electron chi connectivity index (χ3n) is 2.47. The lowest BCUT2D eigenvalue weighted by Crippen LogP contribution is -2.25. The topological polar surface area (TPSA) is 44.8 Å². The van der Waals surface area contributed by atoms with Crippen LogP contribution in [0, 0.1) is 5.92 Å². The Bertz CT molecular complexity index is 209. The molecule has 4 nitrogen and oxygen atoms in total. The molecule has 0 N–H and O–H groups in total. The summed E-state index contributed by atoms with van der Waals surface area (Å²) in [4.78, 5) is 11.3. The SMILES string of the molecule is CC(COCC1CCCO1)OC(=O)C(C)C. The van der Waals surface area contributed by atoms with Crippen molar-refractivity contribution in [3.8, 4) is 0 Å². The minimum Gasteiger partial charge on any atom is -0.460 e. The number of hydrogen-bond donors (Lipinski definition) is 0. The fourth-order valence-corrected chi connectivity index (χ4v) is 1.51. The second kappa shape index (κ2) is 6.86. The molecule has 0 aliphatic carbocycles. The molecule has 4 heteroatoms. The Hall–Kier alpha value is -0.610. The summed E-state index contributed by atoms with van der Waals surface area (Å²) in [5, 5.41) is 0. The molecule has 0 saturated carbocycles.